The number of carbonyl (C=O) groups excluding carboxylic acids is 2. The minimum atomic E-state index is -0.970. The number of amides is 1. The van der Waals surface area contributed by atoms with Crippen molar-refractivity contribution in [3.05, 3.63) is 51.9 Å². The molecule has 2 N–H and O–H groups in total. The summed E-state index contributed by atoms with van der Waals surface area (Å²) in [6.07, 6.45) is 4.47. The fourth-order valence-corrected chi connectivity index (χ4v) is 5.89. The second-order valence-corrected chi connectivity index (χ2v) is 9.23. The van der Waals surface area contributed by atoms with Crippen molar-refractivity contribution in [1.29, 1.82) is 0 Å². The van der Waals surface area contributed by atoms with Crippen LogP contribution < -0.4 is 5.32 Å². The normalized spacial score (nSPS) is 24.1. The van der Waals surface area contributed by atoms with E-state index in [2.05, 4.69) is 5.32 Å². The number of aryl methyl sites for hydroxylation is 1. The summed E-state index contributed by atoms with van der Waals surface area (Å²) in [5.74, 6) is -3.59. The number of nitrogens with one attached hydrogen (secondary N) is 1. The Morgan fingerprint density at radius 2 is 1.90 bits per heavy atom. The first-order valence-corrected chi connectivity index (χ1v) is 10.7. The van der Waals surface area contributed by atoms with E-state index in [1.54, 1.807) is 18.2 Å². The Labute approximate surface area is 182 Å². The molecule has 2 bridgehead atoms. The van der Waals surface area contributed by atoms with Gasteiger partial charge in [0, 0.05) is 15.5 Å². The smallest absolute Gasteiger partial charge is 0.341 e. The second-order valence-electron chi connectivity index (χ2n) is 7.57. The number of thiophene rings is 1. The number of anilines is 1. The van der Waals surface area contributed by atoms with Crippen molar-refractivity contribution in [1.82, 2.24) is 0 Å². The number of benzene rings is 1. The molecule has 2 aliphatic carbocycles. The third-order valence-corrected chi connectivity index (χ3v) is 7.13. The van der Waals surface area contributed by atoms with Crippen LogP contribution in [0.4, 0.5) is 5.00 Å². The van der Waals surface area contributed by atoms with Crippen LogP contribution in [0.15, 0.2) is 36.4 Å². The molecular formula is C22H20ClNO5S. The summed E-state index contributed by atoms with van der Waals surface area (Å²) in [4.78, 5) is 38.3. The zero-order valence-corrected chi connectivity index (χ0v) is 17.9. The van der Waals surface area contributed by atoms with Gasteiger partial charge in [0.25, 0.3) is 0 Å². The fourth-order valence-electron chi connectivity index (χ4n) is 4.63. The molecule has 156 valence electrons. The highest BCUT2D eigenvalue weighted by Crippen LogP contribution is 2.49. The van der Waals surface area contributed by atoms with Gasteiger partial charge in [0.05, 0.1) is 18.9 Å². The molecule has 0 unspecified atom stereocenters. The van der Waals surface area contributed by atoms with Crippen LogP contribution in [0.25, 0.3) is 11.1 Å². The van der Waals surface area contributed by atoms with Crippen molar-refractivity contribution in [2.45, 2.75) is 13.3 Å². The first-order chi connectivity index (χ1) is 14.3. The molecule has 4 rings (SSSR count). The number of carboxylic acid groups (broad SMARTS) is 1. The van der Waals surface area contributed by atoms with Gasteiger partial charge in [0.15, 0.2) is 0 Å². The molecule has 4 atom stereocenters. The van der Waals surface area contributed by atoms with Crippen molar-refractivity contribution in [3.63, 3.8) is 0 Å². The van der Waals surface area contributed by atoms with Crippen molar-refractivity contribution in [3.8, 4) is 11.1 Å². The number of ether oxygens (including phenoxy) is 1. The zero-order valence-electron chi connectivity index (χ0n) is 16.3. The lowest BCUT2D eigenvalue weighted by atomic mass is 9.82. The third-order valence-electron chi connectivity index (χ3n) is 5.87. The van der Waals surface area contributed by atoms with E-state index >= 15 is 0 Å². The molecule has 1 saturated carbocycles. The SMILES string of the molecule is COC(=O)c1c(NC(=O)[C@@H]2[C@@H](C(=O)O)[C@H]3C=C[C@@H]2C3)sc(C)c1-c1cccc(Cl)c1. The summed E-state index contributed by atoms with van der Waals surface area (Å²) in [5, 5.41) is 13.3. The minimum absolute atomic E-state index is 0.105. The van der Waals surface area contributed by atoms with Gasteiger partial charge >= 0.3 is 11.9 Å². The summed E-state index contributed by atoms with van der Waals surface area (Å²) in [7, 11) is 1.28. The standard InChI is InChI=1S/C22H20ClNO5S/c1-10-15(11-4-3-5-14(23)9-11)18(22(28)29-2)20(30-10)24-19(25)16-12-6-7-13(8-12)17(16)21(26)27/h3-7,9,12-13,16-17H,8H2,1-2H3,(H,24,25)(H,26,27)/t12-,13+,16+,17+/m1/s1. The fraction of sp³-hybridized carbons (Fsp3) is 0.318. The van der Waals surface area contributed by atoms with Crippen molar-refractivity contribution < 1.29 is 24.2 Å². The lowest BCUT2D eigenvalue weighted by molar-refractivity contribution is -0.146. The number of carboxylic acids is 1. The lowest BCUT2D eigenvalue weighted by Gasteiger charge is -2.23. The van der Waals surface area contributed by atoms with Crippen LogP contribution in [0.5, 0.6) is 0 Å². The molecule has 0 saturated heterocycles. The largest absolute Gasteiger partial charge is 0.481 e. The van der Waals surface area contributed by atoms with Gasteiger partial charge in [-0.1, -0.05) is 35.9 Å². The average Bonchev–Trinajstić information content (AvgIpc) is 3.40. The average molecular weight is 446 g/mol. The van der Waals surface area contributed by atoms with E-state index in [1.807, 2.05) is 25.1 Å². The summed E-state index contributed by atoms with van der Waals surface area (Å²) in [5.41, 5.74) is 1.64. The highest BCUT2D eigenvalue weighted by atomic mass is 35.5. The highest BCUT2D eigenvalue weighted by Gasteiger charge is 2.51. The van der Waals surface area contributed by atoms with Gasteiger partial charge in [0.1, 0.15) is 10.6 Å². The molecule has 0 aliphatic heterocycles. The quantitative estimate of drug-likeness (QED) is 0.517. The maximum atomic E-state index is 13.1. The van der Waals surface area contributed by atoms with Crippen LogP contribution in [0, 0.1) is 30.6 Å². The summed E-state index contributed by atoms with van der Waals surface area (Å²) in [6, 6.07) is 7.10. The Morgan fingerprint density at radius 1 is 1.20 bits per heavy atom. The minimum Gasteiger partial charge on any atom is -0.481 e. The Bertz CT molecular complexity index is 1080. The molecule has 1 heterocycles. The van der Waals surface area contributed by atoms with Crippen LogP contribution in [0.3, 0.4) is 0 Å². The summed E-state index contributed by atoms with van der Waals surface area (Å²) >= 11 is 7.39. The number of aliphatic carboxylic acids is 1. The van der Waals surface area contributed by atoms with Crippen LogP contribution in [0.2, 0.25) is 5.02 Å². The molecule has 0 radical (unpaired) electrons. The molecular weight excluding hydrogens is 426 g/mol. The Balaban J connectivity index is 1.72. The van der Waals surface area contributed by atoms with Crippen molar-refractivity contribution in [2.24, 2.45) is 23.7 Å². The van der Waals surface area contributed by atoms with Gasteiger partial charge in [-0.3, -0.25) is 9.59 Å². The molecule has 8 heteroatoms. The number of hydrogen-bond acceptors (Lipinski definition) is 5. The number of methoxy groups -OCH3 is 1. The van der Waals surface area contributed by atoms with Gasteiger partial charge in [-0.15, -0.1) is 11.3 Å². The van der Waals surface area contributed by atoms with E-state index in [1.165, 1.54) is 18.4 Å². The number of hydrogen-bond donors (Lipinski definition) is 2. The van der Waals surface area contributed by atoms with E-state index in [-0.39, 0.29) is 23.3 Å². The molecule has 2 aliphatic rings. The molecule has 0 spiro atoms. The van der Waals surface area contributed by atoms with Gasteiger partial charge in [-0.05, 0) is 42.9 Å². The van der Waals surface area contributed by atoms with E-state index in [9.17, 15) is 19.5 Å². The summed E-state index contributed by atoms with van der Waals surface area (Å²) < 4.78 is 4.98. The predicted octanol–water partition coefficient (Wildman–Crippen LogP) is 4.62. The van der Waals surface area contributed by atoms with E-state index in [0.717, 1.165) is 10.4 Å². The maximum Gasteiger partial charge on any atom is 0.341 e. The molecule has 1 fully saturated rings. The van der Waals surface area contributed by atoms with Gasteiger partial charge in [0.2, 0.25) is 5.91 Å². The Kier molecular flexibility index (Phi) is 5.42. The number of fused-ring (bicyclic) bond motifs is 2. The molecule has 1 aromatic heterocycles. The van der Waals surface area contributed by atoms with Gasteiger partial charge in [-0.25, -0.2) is 4.79 Å². The van der Waals surface area contributed by atoms with E-state index in [4.69, 9.17) is 16.3 Å². The second kappa shape index (κ2) is 7.89. The highest BCUT2D eigenvalue weighted by molar-refractivity contribution is 7.17. The van der Waals surface area contributed by atoms with Gasteiger partial charge in [-0.2, -0.15) is 0 Å². The number of esters is 1. The van der Waals surface area contributed by atoms with Gasteiger partial charge < -0.3 is 15.2 Å². The number of halogens is 1. The van der Waals surface area contributed by atoms with Crippen molar-refractivity contribution in [2.75, 3.05) is 12.4 Å². The molecule has 1 aromatic carbocycles. The van der Waals surface area contributed by atoms with E-state index in [0.29, 0.717) is 22.0 Å². The first-order valence-electron chi connectivity index (χ1n) is 9.51. The Morgan fingerprint density at radius 3 is 2.53 bits per heavy atom. The lowest BCUT2D eigenvalue weighted by Crippen LogP contribution is -2.36. The van der Waals surface area contributed by atoms with Crippen LogP contribution in [-0.2, 0) is 14.3 Å². The van der Waals surface area contributed by atoms with Crippen molar-refractivity contribution >= 4 is 45.8 Å². The predicted molar refractivity (Wildman–Crippen MR) is 115 cm³/mol. The van der Waals surface area contributed by atoms with Crippen LogP contribution in [0.1, 0.15) is 21.7 Å². The van der Waals surface area contributed by atoms with E-state index < -0.39 is 23.8 Å². The third kappa shape index (κ3) is 3.42. The number of allylic oxidation sites excluding steroid dienone is 2. The number of rotatable bonds is 5. The van der Waals surface area contributed by atoms with Crippen LogP contribution >= 0.6 is 22.9 Å². The molecule has 6 nitrogen and oxygen atoms in total. The topological polar surface area (TPSA) is 92.7 Å². The molecule has 30 heavy (non-hydrogen) atoms. The number of carbonyl (C=O) groups is 3. The Hall–Kier alpha value is -2.64. The molecule has 2 aromatic rings. The molecule has 1 amide bonds. The van der Waals surface area contributed by atoms with Crippen LogP contribution in [-0.4, -0.2) is 30.1 Å². The zero-order chi connectivity index (χ0) is 21.6. The first kappa shape index (κ1) is 20.6. The maximum absolute atomic E-state index is 13.1. The summed E-state index contributed by atoms with van der Waals surface area (Å²) in [6.45, 7) is 1.85. The monoisotopic (exact) mass is 445 g/mol.